The quantitative estimate of drug-likeness (QED) is 0.614. The third-order valence-electron chi connectivity index (χ3n) is 1.11. The number of ether oxygens (including phenoxy) is 1. The molecule has 0 aliphatic carbocycles. The molecule has 86 valence electrons. The number of carboxylic acid groups (broad SMARTS) is 1. The number of aliphatic carboxylic acids is 1. The molecular formula is C9H13ClO4S. The van der Waals surface area contributed by atoms with E-state index in [0.717, 1.165) is 17.3 Å². The number of hydrogen-bond acceptors (Lipinski definition) is 4. The number of carbonyl (C=O) groups is 2. The van der Waals surface area contributed by atoms with Crippen molar-refractivity contribution in [1.29, 1.82) is 0 Å². The Morgan fingerprint density at radius 2 is 2.00 bits per heavy atom. The van der Waals surface area contributed by atoms with E-state index in [0.29, 0.717) is 0 Å². The minimum absolute atomic E-state index is 0.698. The predicted molar refractivity (Wildman–Crippen MR) is 59.9 cm³/mol. The van der Waals surface area contributed by atoms with Gasteiger partial charge in [-0.3, -0.25) is 9.59 Å². The molecule has 1 N–H and O–H groups in total. The predicted octanol–water partition coefficient (Wildman–Crippen LogP) is 2.22. The zero-order valence-electron chi connectivity index (χ0n) is 8.69. The highest BCUT2D eigenvalue weighted by atomic mass is 35.5. The largest absolute Gasteiger partial charge is 0.480 e. The average Bonchev–Trinajstić information content (AvgIpc) is 2.00. The summed E-state index contributed by atoms with van der Waals surface area (Å²) >= 11 is 6.03. The van der Waals surface area contributed by atoms with Crippen molar-refractivity contribution in [2.45, 2.75) is 31.6 Å². The summed E-state index contributed by atoms with van der Waals surface area (Å²) in [5, 5.41) is 8.81. The van der Waals surface area contributed by atoms with Crippen LogP contribution in [0.15, 0.2) is 10.9 Å². The number of carbonyl (C=O) groups excluding carboxylic acids is 1. The van der Waals surface area contributed by atoms with Crippen LogP contribution in [0.1, 0.15) is 20.8 Å². The molecule has 0 fully saturated rings. The van der Waals surface area contributed by atoms with Crippen LogP contribution >= 0.6 is 23.4 Å². The summed E-state index contributed by atoms with van der Waals surface area (Å²) in [6, 6.07) is 0. The molecule has 4 nitrogen and oxygen atoms in total. The van der Waals surface area contributed by atoms with E-state index in [4.69, 9.17) is 21.4 Å². The molecule has 15 heavy (non-hydrogen) atoms. The van der Waals surface area contributed by atoms with Gasteiger partial charge in [-0.05, 0) is 26.2 Å². The van der Waals surface area contributed by atoms with Crippen molar-refractivity contribution in [1.82, 2.24) is 0 Å². The van der Waals surface area contributed by atoms with Crippen molar-refractivity contribution in [3.05, 3.63) is 10.9 Å². The lowest BCUT2D eigenvalue weighted by molar-refractivity contribution is -0.158. The molecule has 0 aliphatic rings. The topological polar surface area (TPSA) is 63.6 Å². The molecule has 0 spiro atoms. The van der Waals surface area contributed by atoms with E-state index in [1.165, 1.54) is 5.41 Å². The Kier molecular flexibility index (Phi) is 5.75. The Morgan fingerprint density at radius 1 is 1.47 bits per heavy atom. The normalized spacial score (nSPS) is 13.9. The number of halogens is 1. The van der Waals surface area contributed by atoms with Crippen LogP contribution in [0.25, 0.3) is 0 Å². The second kappa shape index (κ2) is 6.02. The fraction of sp³-hybridized carbons (Fsp3) is 0.556. The molecule has 0 aliphatic heterocycles. The van der Waals surface area contributed by atoms with E-state index < -0.39 is 22.8 Å². The third-order valence-corrected chi connectivity index (χ3v) is 2.35. The van der Waals surface area contributed by atoms with Crippen LogP contribution in [0, 0.1) is 0 Å². The second-order valence-corrected chi connectivity index (χ2v) is 4.92. The number of hydrogen-bond donors (Lipinski definition) is 1. The maximum absolute atomic E-state index is 11.4. The molecule has 0 amide bonds. The molecule has 0 aromatic heterocycles. The first-order valence-electron chi connectivity index (χ1n) is 4.14. The zero-order valence-corrected chi connectivity index (χ0v) is 10.3. The highest BCUT2D eigenvalue weighted by Crippen LogP contribution is 2.18. The van der Waals surface area contributed by atoms with Gasteiger partial charge in [-0.2, -0.15) is 0 Å². The van der Waals surface area contributed by atoms with Crippen LogP contribution in [0.2, 0.25) is 0 Å². The van der Waals surface area contributed by atoms with Gasteiger partial charge in [0.1, 0.15) is 5.60 Å². The van der Waals surface area contributed by atoms with Crippen molar-refractivity contribution in [2.75, 3.05) is 0 Å². The van der Waals surface area contributed by atoms with Gasteiger partial charge in [0.25, 0.3) is 0 Å². The van der Waals surface area contributed by atoms with Gasteiger partial charge in [0.2, 0.25) is 5.25 Å². The van der Waals surface area contributed by atoms with E-state index in [2.05, 4.69) is 0 Å². The number of thioether (sulfide) groups is 1. The van der Waals surface area contributed by atoms with E-state index in [9.17, 15) is 9.59 Å². The summed E-state index contributed by atoms with van der Waals surface area (Å²) in [5.74, 6) is -2.03. The van der Waals surface area contributed by atoms with Crippen LogP contribution in [0.3, 0.4) is 0 Å². The van der Waals surface area contributed by atoms with Crippen molar-refractivity contribution in [2.24, 2.45) is 0 Å². The molecule has 0 saturated heterocycles. The van der Waals surface area contributed by atoms with E-state index in [1.54, 1.807) is 20.8 Å². The van der Waals surface area contributed by atoms with Gasteiger partial charge in [0, 0.05) is 5.54 Å². The Hall–Kier alpha value is -0.680. The molecule has 0 radical (unpaired) electrons. The van der Waals surface area contributed by atoms with Gasteiger partial charge >= 0.3 is 11.9 Å². The molecular weight excluding hydrogens is 240 g/mol. The molecule has 0 saturated carbocycles. The summed E-state index contributed by atoms with van der Waals surface area (Å²) < 4.78 is 4.94. The Morgan fingerprint density at radius 3 is 2.33 bits per heavy atom. The fourth-order valence-electron chi connectivity index (χ4n) is 0.678. The molecule has 0 heterocycles. The summed E-state index contributed by atoms with van der Waals surface area (Å²) in [5.41, 5.74) is 0.445. The van der Waals surface area contributed by atoms with E-state index >= 15 is 0 Å². The molecule has 1 atom stereocenters. The number of rotatable bonds is 4. The summed E-state index contributed by atoms with van der Waals surface area (Å²) in [6.07, 6.45) is 0. The summed E-state index contributed by atoms with van der Waals surface area (Å²) in [6.45, 7) is 5.02. The highest BCUT2D eigenvalue weighted by molar-refractivity contribution is 8.04. The van der Waals surface area contributed by atoms with Crippen LogP contribution in [-0.2, 0) is 14.3 Å². The molecule has 6 heteroatoms. The Balaban J connectivity index is 4.50. The number of esters is 1. The van der Waals surface area contributed by atoms with Gasteiger partial charge < -0.3 is 9.84 Å². The minimum Gasteiger partial charge on any atom is -0.480 e. The van der Waals surface area contributed by atoms with Crippen LogP contribution < -0.4 is 0 Å². The van der Waals surface area contributed by atoms with Crippen LogP contribution in [-0.4, -0.2) is 27.9 Å². The van der Waals surface area contributed by atoms with Gasteiger partial charge in [0.05, 0.1) is 0 Å². The molecule has 0 aromatic rings. The standard InChI is InChI=1S/C9H13ClO4S/c1-9(2,3)14-8(13)6(7(11)12)15-5-4-10/h4-6H,1-3H3,(H,11,12). The second-order valence-electron chi connectivity index (χ2n) is 3.65. The third kappa shape index (κ3) is 6.41. The molecule has 1 unspecified atom stereocenters. The fourth-order valence-corrected chi connectivity index (χ4v) is 1.35. The first-order valence-corrected chi connectivity index (χ1v) is 5.52. The van der Waals surface area contributed by atoms with Crippen molar-refractivity contribution in [3.8, 4) is 0 Å². The Bertz CT molecular complexity index is 270. The van der Waals surface area contributed by atoms with Crippen molar-refractivity contribution < 1.29 is 19.4 Å². The maximum Gasteiger partial charge on any atom is 0.331 e. The molecule has 0 aromatic carbocycles. The van der Waals surface area contributed by atoms with Gasteiger partial charge in [0.15, 0.2) is 0 Å². The monoisotopic (exact) mass is 252 g/mol. The van der Waals surface area contributed by atoms with E-state index in [-0.39, 0.29) is 0 Å². The van der Waals surface area contributed by atoms with Gasteiger partial charge in [-0.15, -0.1) is 11.8 Å². The first kappa shape index (κ1) is 14.3. The minimum atomic E-state index is -1.28. The lowest BCUT2D eigenvalue weighted by Gasteiger charge is -2.21. The SMILES string of the molecule is CC(C)(C)OC(=O)C(SC=CCl)C(=O)O. The smallest absolute Gasteiger partial charge is 0.331 e. The van der Waals surface area contributed by atoms with Crippen molar-refractivity contribution >= 4 is 35.3 Å². The highest BCUT2D eigenvalue weighted by Gasteiger charge is 2.30. The average molecular weight is 253 g/mol. The summed E-state index contributed by atoms with van der Waals surface area (Å²) in [4.78, 5) is 22.1. The van der Waals surface area contributed by atoms with Crippen molar-refractivity contribution in [3.63, 3.8) is 0 Å². The molecule has 0 rings (SSSR count). The van der Waals surface area contributed by atoms with Crippen LogP contribution in [0.5, 0.6) is 0 Å². The van der Waals surface area contributed by atoms with E-state index in [1.807, 2.05) is 0 Å². The first-order chi connectivity index (χ1) is 6.78. The van der Waals surface area contributed by atoms with Gasteiger partial charge in [-0.25, -0.2) is 0 Å². The molecule has 0 bridgehead atoms. The Labute approximate surface area is 97.6 Å². The van der Waals surface area contributed by atoms with Gasteiger partial charge in [-0.1, -0.05) is 11.6 Å². The zero-order chi connectivity index (χ0) is 12.1. The lowest BCUT2D eigenvalue weighted by atomic mass is 10.2. The summed E-state index contributed by atoms with van der Waals surface area (Å²) in [7, 11) is 0. The number of carboxylic acids is 1. The lowest BCUT2D eigenvalue weighted by Crippen LogP contribution is -2.34. The van der Waals surface area contributed by atoms with Crippen LogP contribution in [0.4, 0.5) is 0 Å². The maximum atomic E-state index is 11.4.